The van der Waals surface area contributed by atoms with E-state index in [-0.39, 0.29) is 11.3 Å². The van der Waals surface area contributed by atoms with Crippen molar-refractivity contribution in [3.63, 3.8) is 0 Å². The lowest BCUT2D eigenvalue weighted by atomic mass is 9.94. The quantitative estimate of drug-likeness (QED) is 0.354. The Morgan fingerprint density at radius 1 is 1.03 bits per heavy atom. The first-order valence-electron chi connectivity index (χ1n) is 10.6. The predicted molar refractivity (Wildman–Crippen MR) is 125 cm³/mol. The Morgan fingerprint density at radius 3 is 2.39 bits per heavy atom. The Morgan fingerprint density at radius 2 is 1.76 bits per heavy atom. The minimum absolute atomic E-state index is 0.00431. The first kappa shape index (κ1) is 24.1. The zero-order valence-corrected chi connectivity index (χ0v) is 19.6. The van der Waals surface area contributed by atoms with Gasteiger partial charge in [0.2, 0.25) is 0 Å². The van der Waals surface area contributed by atoms with Crippen LogP contribution in [0.4, 0.5) is 0 Å². The topological polar surface area (TPSA) is 88.5 Å². The fourth-order valence-corrected chi connectivity index (χ4v) is 4.04. The molecule has 2 aromatic rings. The van der Waals surface area contributed by atoms with Crippen LogP contribution in [-0.2, 0) is 9.59 Å². The van der Waals surface area contributed by atoms with E-state index in [0.717, 1.165) is 6.54 Å². The summed E-state index contributed by atoms with van der Waals surface area (Å²) in [5, 5.41) is 11.2. The first-order valence-corrected chi connectivity index (χ1v) is 10.6. The highest BCUT2D eigenvalue weighted by Gasteiger charge is 2.47. The van der Waals surface area contributed by atoms with Crippen molar-refractivity contribution in [1.82, 2.24) is 9.80 Å². The monoisotopic (exact) mass is 454 g/mol. The Hall–Kier alpha value is -3.52. The lowest BCUT2D eigenvalue weighted by molar-refractivity contribution is -0.140. The number of amides is 1. The number of rotatable bonds is 9. The lowest BCUT2D eigenvalue weighted by Gasteiger charge is -2.27. The van der Waals surface area contributed by atoms with Gasteiger partial charge in [0.1, 0.15) is 11.5 Å². The van der Waals surface area contributed by atoms with E-state index >= 15 is 0 Å². The molecule has 1 atom stereocenters. The third-order valence-corrected chi connectivity index (χ3v) is 5.62. The number of likely N-dealkylation sites (tertiary alicyclic amines) is 1. The number of ketones is 1. The molecule has 0 saturated carbocycles. The van der Waals surface area contributed by atoms with Crippen LogP contribution in [0.1, 0.15) is 23.6 Å². The van der Waals surface area contributed by atoms with E-state index in [9.17, 15) is 14.7 Å². The molecule has 0 aromatic heterocycles. The van der Waals surface area contributed by atoms with Gasteiger partial charge in [0, 0.05) is 17.7 Å². The third kappa shape index (κ3) is 4.80. The summed E-state index contributed by atoms with van der Waals surface area (Å²) in [5.41, 5.74) is 0.947. The van der Waals surface area contributed by atoms with Gasteiger partial charge in [-0.3, -0.25) is 9.59 Å². The van der Waals surface area contributed by atoms with Gasteiger partial charge in [-0.15, -0.1) is 0 Å². The average molecular weight is 455 g/mol. The standard InChI is InChI=1S/C25H30N2O6/c1-26(2)13-8-14-27-21(18-11-7-12-19(32-4)24(18)33-5)20(23(29)25(27)30)22(28)16-9-6-10-17(15-16)31-3/h6-7,9-12,15,21,28H,8,13-14H2,1-5H3/b22-20-. The molecule has 1 heterocycles. The number of benzene rings is 2. The number of carbonyl (C=O) groups is 2. The molecular formula is C25H30N2O6. The molecule has 0 radical (unpaired) electrons. The number of hydrogen-bond acceptors (Lipinski definition) is 7. The fraction of sp³-hybridized carbons (Fsp3) is 0.360. The molecule has 1 aliphatic heterocycles. The molecule has 1 N–H and O–H groups in total. The Bertz CT molecular complexity index is 1060. The normalized spacial score (nSPS) is 17.5. The van der Waals surface area contributed by atoms with Gasteiger partial charge in [0.25, 0.3) is 11.7 Å². The van der Waals surface area contributed by atoms with Crippen LogP contribution < -0.4 is 14.2 Å². The van der Waals surface area contributed by atoms with Crippen LogP contribution in [-0.4, -0.2) is 75.1 Å². The number of para-hydroxylation sites is 1. The number of nitrogens with zero attached hydrogens (tertiary/aromatic N) is 2. The van der Waals surface area contributed by atoms with Gasteiger partial charge in [0.15, 0.2) is 11.5 Å². The molecule has 1 unspecified atom stereocenters. The van der Waals surface area contributed by atoms with Crippen molar-refractivity contribution in [2.24, 2.45) is 0 Å². The highest BCUT2D eigenvalue weighted by molar-refractivity contribution is 6.46. The molecule has 1 saturated heterocycles. The molecule has 0 spiro atoms. The van der Waals surface area contributed by atoms with Gasteiger partial charge >= 0.3 is 0 Å². The summed E-state index contributed by atoms with van der Waals surface area (Å²) in [6.07, 6.45) is 0.655. The number of Topliss-reactive ketones (excluding diaryl/α,β-unsaturated/α-hetero) is 1. The van der Waals surface area contributed by atoms with E-state index in [0.29, 0.717) is 41.3 Å². The van der Waals surface area contributed by atoms with Crippen molar-refractivity contribution in [2.45, 2.75) is 12.5 Å². The van der Waals surface area contributed by atoms with Crippen LogP contribution in [0.25, 0.3) is 5.76 Å². The second-order valence-electron chi connectivity index (χ2n) is 7.96. The average Bonchev–Trinajstić information content (AvgIpc) is 3.07. The summed E-state index contributed by atoms with van der Waals surface area (Å²) < 4.78 is 16.3. The molecule has 0 aliphatic carbocycles. The summed E-state index contributed by atoms with van der Waals surface area (Å²) in [4.78, 5) is 29.8. The lowest BCUT2D eigenvalue weighted by Crippen LogP contribution is -2.32. The number of methoxy groups -OCH3 is 3. The van der Waals surface area contributed by atoms with E-state index < -0.39 is 17.7 Å². The maximum atomic E-state index is 13.2. The van der Waals surface area contributed by atoms with Crippen LogP contribution in [0, 0.1) is 0 Å². The summed E-state index contributed by atoms with van der Waals surface area (Å²) in [6, 6.07) is 11.2. The molecule has 1 fully saturated rings. The number of ether oxygens (including phenoxy) is 3. The van der Waals surface area contributed by atoms with E-state index in [2.05, 4.69) is 0 Å². The second kappa shape index (κ2) is 10.4. The summed E-state index contributed by atoms with van der Waals surface area (Å²) >= 11 is 0. The van der Waals surface area contributed by atoms with Crippen LogP contribution in [0.5, 0.6) is 17.2 Å². The molecule has 0 bridgehead atoms. The number of aliphatic hydroxyl groups excluding tert-OH is 1. The second-order valence-corrected chi connectivity index (χ2v) is 7.96. The predicted octanol–water partition coefficient (Wildman–Crippen LogP) is 3.09. The molecule has 33 heavy (non-hydrogen) atoms. The van der Waals surface area contributed by atoms with Crippen molar-refractivity contribution < 1.29 is 28.9 Å². The van der Waals surface area contributed by atoms with Crippen molar-refractivity contribution >= 4 is 17.4 Å². The fourth-order valence-electron chi connectivity index (χ4n) is 4.04. The number of hydrogen-bond donors (Lipinski definition) is 1. The Balaban J connectivity index is 2.20. The van der Waals surface area contributed by atoms with Gasteiger partial charge in [0.05, 0.1) is 32.9 Å². The Kier molecular flexibility index (Phi) is 7.60. The minimum atomic E-state index is -0.830. The van der Waals surface area contributed by atoms with Gasteiger partial charge in [-0.2, -0.15) is 0 Å². The maximum Gasteiger partial charge on any atom is 0.295 e. The number of aliphatic hydroxyl groups is 1. The highest BCUT2D eigenvalue weighted by atomic mass is 16.5. The zero-order valence-electron chi connectivity index (χ0n) is 19.6. The smallest absolute Gasteiger partial charge is 0.295 e. The molecule has 1 amide bonds. The number of carbonyl (C=O) groups excluding carboxylic acids is 2. The maximum absolute atomic E-state index is 13.2. The third-order valence-electron chi connectivity index (χ3n) is 5.62. The van der Waals surface area contributed by atoms with Crippen molar-refractivity contribution in [3.8, 4) is 17.2 Å². The highest BCUT2D eigenvalue weighted by Crippen LogP contribution is 2.45. The van der Waals surface area contributed by atoms with Gasteiger partial charge in [-0.1, -0.05) is 24.3 Å². The molecule has 176 valence electrons. The van der Waals surface area contributed by atoms with Crippen molar-refractivity contribution in [1.29, 1.82) is 0 Å². The van der Waals surface area contributed by atoms with Gasteiger partial charge in [-0.25, -0.2) is 0 Å². The molecular weight excluding hydrogens is 424 g/mol. The van der Waals surface area contributed by atoms with Gasteiger partial charge in [-0.05, 0) is 45.3 Å². The Labute approximate surface area is 194 Å². The van der Waals surface area contributed by atoms with Crippen LogP contribution in [0.3, 0.4) is 0 Å². The molecule has 8 nitrogen and oxygen atoms in total. The molecule has 3 rings (SSSR count). The van der Waals surface area contributed by atoms with Crippen molar-refractivity contribution in [3.05, 3.63) is 59.2 Å². The van der Waals surface area contributed by atoms with Crippen molar-refractivity contribution in [2.75, 3.05) is 48.5 Å². The molecule has 8 heteroatoms. The van der Waals surface area contributed by atoms with E-state index in [1.807, 2.05) is 19.0 Å². The molecule has 1 aliphatic rings. The first-order chi connectivity index (χ1) is 15.8. The summed E-state index contributed by atoms with van der Waals surface area (Å²) in [5.74, 6) is -0.272. The van der Waals surface area contributed by atoms with E-state index in [4.69, 9.17) is 14.2 Å². The zero-order chi connectivity index (χ0) is 24.1. The SMILES string of the molecule is COc1cccc(/C(O)=C2/C(=O)C(=O)N(CCCN(C)C)C2c2cccc(OC)c2OC)c1. The minimum Gasteiger partial charge on any atom is -0.507 e. The van der Waals surface area contributed by atoms with E-state index in [1.54, 1.807) is 42.5 Å². The van der Waals surface area contributed by atoms with Crippen LogP contribution >= 0.6 is 0 Å². The van der Waals surface area contributed by atoms with E-state index in [1.165, 1.54) is 26.2 Å². The van der Waals surface area contributed by atoms with Crippen LogP contribution in [0.2, 0.25) is 0 Å². The summed E-state index contributed by atoms with van der Waals surface area (Å²) in [7, 11) is 8.43. The largest absolute Gasteiger partial charge is 0.507 e. The van der Waals surface area contributed by atoms with Gasteiger partial charge < -0.3 is 29.1 Å². The van der Waals surface area contributed by atoms with Crippen LogP contribution in [0.15, 0.2) is 48.0 Å². The summed E-state index contributed by atoms with van der Waals surface area (Å²) in [6.45, 7) is 1.07. The molecule has 2 aromatic carbocycles.